The molecule has 2 nitrogen and oxygen atoms in total. The van der Waals surface area contributed by atoms with E-state index in [2.05, 4.69) is 11.1 Å². The summed E-state index contributed by atoms with van der Waals surface area (Å²) in [6.07, 6.45) is 1.75. The molecule has 2 N–H and O–H groups in total. The van der Waals surface area contributed by atoms with Crippen molar-refractivity contribution in [2.75, 3.05) is 5.73 Å². The fourth-order valence-electron chi connectivity index (χ4n) is 1.48. The van der Waals surface area contributed by atoms with Gasteiger partial charge in [-0.15, -0.1) is 0 Å². The number of pyridine rings is 1. The zero-order chi connectivity index (χ0) is 10.8. The smallest absolute Gasteiger partial charge is 0.123 e. The number of halogens is 1. The summed E-state index contributed by atoms with van der Waals surface area (Å²) in [5.41, 5.74) is 8.75. The van der Waals surface area contributed by atoms with Gasteiger partial charge in [0, 0.05) is 16.8 Å². The first kappa shape index (κ1) is 9.99. The standard InChI is InChI=1S/C12H11ClN2/c1-8-4-10(6-11(13)5-8)9-2-3-12(14)15-7-9/h2-7H,1H3,(H2,14,15). The van der Waals surface area contributed by atoms with Gasteiger partial charge in [0.2, 0.25) is 0 Å². The van der Waals surface area contributed by atoms with Crippen LogP contribution in [0.3, 0.4) is 0 Å². The molecular formula is C12H11ClN2. The maximum atomic E-state index is 5.99. The van der Waals surface area contributed by atoms with Crippen LogP contribution in [0.15, 0.2) is 36.5 Å². The van der Waals surface area contributed by atoms with Crippen molar-refractivity contribution in [3.05, 3.63) is 47.1 Å². The van der Waals surface area contributed by atoms with Crippen LogP contribution in [0.25, 0.3) is 11.1 Å². The van der Waals surface area contributed by atoms with E-state index in [4.69, 9.17) is 17.3 Å². The second-order valence-electron chi connectivity index (χ2n) is 3.49. The molecule has 1 aromatic heterocycles. The minimum Gasteiger partial charge on any atom is -0.384 e. The van der Waals surface area contributed by atoms with Crippen molar-refractivity contribution in [3.8, 4) is 11.1 Å². The largest absolute Gasteiger partial charge is 0.384 e. The minimum absolute atomic E-state index is 0.525. The average molecular weight is 219 g/mol. The molecule has 1 heterocycles. The van der Waals surface area contributed by atoms with E-state index in [1.807, 2.05) is 25.1 Å². The van der Waals surface area contributed by atoms with Gasteiger partial charge in [-0.3, -0.25) is 0 Å². The van der Waals surface area contributed by atoms with Gasteiger partial charge in [-0.25, -0.2) is 4.98 Å². The highest BCUT2D eigenvalue weighted by Crippen LogP contribution is 2.24. The van der Waals surface area contributed by atoms with E-state index in [9.17, 15) is 0 Å². The molecule has 0 amide bonds. The quantitative estimate of drug-likeness (QED) is 0.798. The molecule has 0 radical (unpaired) electrons. The molecule has 0 atom stereocenters. The second-order valence-corrected chi connectivity index (χ2v) is 3.93. The molecule has 0 aliphatic carbocycles. The van der Waals surface area contributed by atoms with E-state index < -0.39 is 0 Å². The van der Waals surface area contributed by atoms with Gasteiger partial charge < -0.3 is 5.73 Å². The Morgan fingerprint density at radius 1 is 1.13 bits per heavy atom. The molecule has 0 aliphatic heterocycles. The summed E-state index contributed by atoms with van der Waals surface area (Å²) in [6, 6.07) is 9.63. The van der Waals surface area contributed by atoms with Crippen LogP contribution in [0.4, 0.5) is 5.82 Å². The Morgan fingerprint density at radius 3 is 2.53 bits per heavy atom. The van der Waals surface area contributed by atoms with Crippen molar-refractivity contribution >= 4 is 17.4 Å². The van der Waals surface area contributed by atoms with Crippen molar-refractivity contribution in [2.45, 2.75) is 6.92 Å². The number of nitrogens with zero attached hydrogens (tertiary/aromatic N) is 1. The molecular weight excluding hydrogens is 208 g/mol. The maximum absolute atomic E-state index is 5.99. The molecule has 1 aromatic carbocycles. The van der Waals surface area contributed by atoms with Gasteiger partial charge >= 0.3 is 0 Å². The molecule has 0 saturated carbocycles. The summed E-state index contributed by atoms with van der Waals surface area (Å²) >= 11 is 5.99. The highest BCUT2D eigenvalue weighted by molar-refractivity contribution is 6.30. The Kier molecular flexibility index (Phi) is 2.60. The third-order valence-electron chi connectivity index (χ3n) is 2.16. The molecule has 76 valence electrons. The van der Waals surface area contributed by atoms with Crippen molar-refractivity contribution in [1.29, 1.82) is 0 Å². The van der Waals surface area contributed by atoms with Crippen LogP contribution in [0.5, 0.6) is 0 Å². The van der Waals surface area contributed by atoms with Gasteiger partial charge in [0.25, 0.3) is 0 Å². The topological polar surface area (TPSA) is 38.9 Å². The van der Waals surface area contributed by atoms with Gasteiger partial charge in [0.05, 0.1) is 0 Å². The fourth-order valence-corrected chi connectivity index (χ4v) is 1.77. The van der Waals surface area contributed by atoms with E-state index in [1.165, 1.54) is 0 Å². The third-order valence-corrected chi connectivity index (χ3v) is 2.38. The number of nitrogen functional groups attached to an aromatic ring is 1. The van der Waals surface area contributed by atoms with Gasteiger partial charge in [0.1, 0.15) is 5.82 Å². The lowest BCUT2D eigenvalue weighted by Crippen LogP contribution is -1.89. The Labute approximate surface area is 93.7 Å². The van der Waals surface area contributed by atoms with Crippen molar-refractivity contribution in [2.24, 2.45) is 0 Å². The van der Waals surface area contributed by atoms with E-state index in [0.29, 0.717) is 5.82 Å². The predicted octanol–water partition coefficient (Wildman–Crippen LogP) is 3.29. The molecule has 2 aromatic rings. The van der Waals surface area contributed by atoms with Crippen molar-refractivity contribution in [1.82, 2.24) is 4.98 Å². The summed E-state index contributed by atoms with van der Waals surface area (Å²) in [5.74, 6) is 0.525. The number of hydrogen-bond acceptors (Lipinski definition) is 2. The third kappa shape index (κ3) is 2.28. The van der Waals surface area contributed by atoms with E-state index >= 15 is 0 Å². The molecule has 0 aliphatic rings. The molecule has 0 unspecified atom stereocenters. The van der Waals surface area contributed by atoms with Gasteiger partial charge in [-0.1, -0.05) is 17.7 Å². The monoisotopic (exact) mass is 218 g/mol. The number of anilines is 1. The van der Waals surface area contributed by atoms with Crippen molar-refractivity contribution in [3.63, 3.8) is 0 Å². The molecule has 0 saturated heterocycles. The summed E-state index contributed by atoms with van der Waals surface area (Å²) in [4.78, 5) is 4.05. The van der Waals surface area contributed by atoms with Gasteiger partial charge in [-0.2, -0.15) is 0 Å². The van der Waals surface area contributed by atoms with Gasteiger partial charge in [-0.05, 0) is 42.3 Å². The van der Waals surface area contributed by atoms with Crippen LogP contribution in [-0.2, 0) is 0 Å². The lowest BCUT2D eigenvalue weighted by molar-refractivity contribution is 1.33. The lowest BCUT2D eigenvalue weighted by Gasteiger charge is -2.04. The minimum atomic E-state index is 0.525. The molecule has 0 bridgehead atoms. The van der Waals surface area contributed by atoms with Gasteiger partial charge in [0.15, 0.2) is 0 Å². The van der Waals surface area contributed by atoms with Crippen LogP contribution >= 0.6 is 11.6 Å². The van der Waals surface area contributed by atoms with Crippen LogP contribution in [-0.4, -0.2) is 4.98 Å². The first-order valence-corrected chi connectivity index (χ1v) is 5.02. The summed E-state index contributed by atoms with van der Waals surface area (Å²) < 4.78 is 0. The van der Waals surface area contributed by atoms with Crippen molar-refractivity contribution < 1.29 is 0 Å². The molecule has 15 heavy (non-hydrogen) atoms. The maximum Gasteiger partial charge on any atom is 0.123 e. The highest BCUT2D eigenvalue weighted by atomic mass is 35.5. The molecule has 0 spiro atoms. The van der Waals surface area contributed by atoms with E-state index in [-0.39, 0.29) is 0 Å². The molecule has 3 heteroatoms. The summed E-state index contributed by atoms with van der Waals surface area (Å²) in [6.45, 7) is 2.01. The summed E-state index contributed by atoms with van der Waals surface area (Å²) in [7, 11) is 0. The highest BCUT2D eigenvalue weighted by Gasteiger charge is 2.00. The van der Waals surface area contributed by atoms with E-state index in [1.54, 1.807) is 12.3 Å². The predicted molar refractivity (Wildman–Crippen MR) is 63.8 cm³/mol. The molecule has 0 fully saturated rings. The van der Waals surface area contributed by atoms with Crippen LogP contribution < -0.4 is 5.73 Å². The molecule has 2 rings (SSSR count). The Bertz CT molecular complexity index is 457. The number of hydrogen-bond donors (Lipinski definition) is 1. The Morgan fingerprint density at radius 2 is 1.93 bits per heavy atom. The van der Waals surface area contributed by atoms with Crippen LogP contribution in [0.1, 0.15) is 5.56 Å². The Balaban J connectivity index is 2.49. The number of aromatic nitrogens is 1. The number of nitrogens with two attached hydrogens (primary N) is 1. The first-order chi connectivity index (χ1) is 7.15. The zero-order valence-corrected chi connectivity index (χ0v) is 9.12. The number of benzene rings is 1. The van der Waals surface area contributed by atoms with Crippen LogP contribution in [0.2, 0.25) is 5.02 Å². The Hall–Kier alpha value is -1.54. The average Bonchev–Trinajstić information content (AvgIpc) is 2.17. The summed E-state index contributed by atoms with van der Waals surface area (Å²) in [5, 5.41) is 0.738. The zero-order valence-electron chi connectivity index (χ0n) is 8.37. The van der Waals surface area contributed by atoms with Crippen LogP contribution in [0, 0.1) is 6.92 Å². The normalized spacial score (nSPS) is 10.3. The fraction of sp³-hybridized carbons (Fsp3) is 0.0833. The SMILES string of the molecule is Cc1cc(Cl)cc(-c2ccc(N)nc2)c1. The number of aryl methyl sites for hydroxylation is 1. The number of rotatable bonds is 1. The second kappa shape index (κ2) is 3.91. The van der Waals surface area contributed by atoms with E-state index in [0.717, 1.165) is 21.7 Å². The first-order valence-electron chi connectivity index (χ1n) is 4.64. The lowest BCUT2D eigenvalue weighted by atomic mass is 10.1.